The molecule has 0 atom stereocenters. The number of rotatable bonds is 3. The third-order valence-electron chi connectivity index (χ3n) is 4.35. The smallest absolute Gasteiger partial charge is 0.230 e. The zero-order valence-corrected chi connectivity index (χ0v) is 14.8. The molecule has 0 radical (unpaired) electrons. The molecule has 1 aliphatic carbocycles. The first-order valence-electron chi connectivity index (χ1n) is 8.00. The van der Waals surface area contributed by atoms with Crippen LogP contribution in [-0.2, 0) is 12.8 Å². The number of thiazole rings is 1. The van der Waals surface area contributed by atoms with Crippen molar-refractivity contribution in [2.45, 2.75) is 19.8 Å². The Morgan fingerprint density at radius 3 is 2.67 bits per heavy atom. The monoisotopic (exact) mass is 337 g/mol. The number of aromatic nitrogens is 3. The fourth-order valence-electron chi connectivity index (χ4n) is 2.98. The lowest BCUT2D eigenvalue weighted by molar-refractivity contribution is 0.878. The summed E-state index contributed by atoms with van der Waals surface area (Å²) >= 11 is 1.73. The van der Waals surface area contributed by atoms with Gasteiger partial charge in [0, 0.05) is 31.7 Å². The van der Waals surface area contributed by atoms with Crippen molar-refractivity contribution in [2.24, 2.45) is 0 Å². The molecule has 6 heteroatoms. The van der Waals surface area contributed by atoms with Crippen LogP contribution < -0.4 is 10.2 Å². The molecule has 1 aromatic carbocycles. The van der Waals surface area contributed by atoms with Crippen LogP contribution >= 0.6 is 11.3 Å². The van der Waals surface area contributed by atoms with E-state index in [-0.39, 0.29) is 0 Å². The van der Waals surface area contributed by atoms with Crippen LogP contribution in [0.4, 0.5) is 17.3 Å². The van der Waals surface area contributed by atoms with E-state index >= 15 is 0 Å². The van der Waals surface area contributed by atoms with Gasteiger partial charge in [-0.1, -0.05) is 0 Å². The molecule has 122 valence electrons. The van der Waals surface area contributed by atoms with Gasteiger partial charge in [-0.2, -0.15) is 0 Å². The predicted octanol–water partition coefficient (Wildman–Crippen LogP) is 3.82. The minimum atomic E-state index is 0.713. The van der Waals surface area contributed by atoms with Crippen LogP contribution in [0.1, 0.15) is 16.3 Å². The molecule has 1 aliphatic rings. The maximum Gasteiger partial charge on any atom is 0.230 e. The summed E-state index contributed by atoms with van der Waals surface area (Å²) < 4.78 is 0. The fraction of sp³-hybridized carbons (Fsp3) is 0.278. The van der Waals surface area contributed by atoms with Crippen LogP contribution in [0.3, 0.4) is 0 Å². The molecular weight excluding hydrogens is 318 g/mol. The van der Waals surface area contributed by atoms with Crippen molar-refractivity contribution in [1.82, 2.24) is 15.0 Å². The van der Waals surface area contributed by atoms with E-state index in [2.05, 4.69) is 46.5 Å². The van der Waals surface area contributed by atoms with Gasteiger partial charge in [0.05, 0.1) is 21.3 Å². The first kappa shape index (κ1) is 15.1. The summed E-state index contributed by atoms with van der Waals surface area (Å²) in [7, 11) is 3.91. The van der Waals surface area contributed by atoms with Gasteiger partial charge in [0.2, 0.25) is 5.95 Å². The zero-order chi connectivity index (χ0) is 16.7. The van der Waals surface area contributed by atoms with Gasteiger partial charge in [-0.15, -0.1) is 11.3 Å². The Morgan fingerprint density at radius 2 is 1.92 bits per heavy atom. The van der Waals surface area contributed by atoms with E-state index in [0.29, 0.717) is 5.95 Å². The second-order valence-corrected chi connectivity index (χ2v) is 7.11. The summed E-state index contributed by atoms with van der Waals surface area (Å²) in [6.45, 7) is 2.06. The number of anilines is 3. The highest BCUT2D eigenvalue weighted by atomic mass is 32.1. The Morgan fingerprint density at radius 1 is 1.12 bits per heavy atom. The molecule has 4 rings (SSSR count). The molecule has 0 unspecified atom stereocenters. The quantitative estimate of drug-likeness (QED) is 0.787. The first-order chi connectivity index (χ1) is 11.7. The third kappa shape index (κ3) is 2.53. The Balaban J connectivity index is 1.72. The zero-order valence-electron chi connectivity index (χ0n) is 14.0. The van der Waals surface area contributed by atoms with Gasteiger partial charge < -0.3 is 10.2 Å². The third-order valence-corrected chi connectivity index (χ3v) is 5.37. The van der Waals surface area contributed by atoms with Gasteiger partial charge in [-0.3, -0.25) is 0 Å². The molecule has 3 aromatic rings. The molecule has 24 heavy (non-hydrogen) atoms. The number of nitrogens with one attached hydrogen (secondary N) is 1. The molecule has 0 spiro atoms. The summed E-state index contributed by atoms with van der Waals surface area (Å²) in [6, 6.07) is 8.23. The average Bonchev–Trinajstić information content (AvgIpc) is 3.01. The van der Waals surface area contributed by atoms with E-state index in [1.807, 2.05) is 25.2 Å². The van der Waals surface area contributed by atoms with Gasteiger partial charge in [-0.25, -0.2) is 15.0 Å². The Hall–Kier alpha value is -2.47. The molecule has 1 N–H and O–H groups in total. The van der Waals surface area contributed by atoms with Gasteiger partial charge in [0.1, 0.15) is 0 Å². The van der Waals surface area contributed by atoms with Crippen molar-refractivity contribution >= 4 is 28.7 Å². The van der Waals surface area contributed by atoms with E-state index in [1.165, 1.54) is 16.1 Å². The van der Waals surface area contributed by atoms with E-state index in [4.69, 9.17) is 4.98 Å². The van der Waals surface area contributed by atoms with E-state index < -0.39 is 0 Å². The van der Waals surface area contributed by atoms with Crippen molar-refractivity contribution in [3.8, 4) is 10.6 Å². The van der Waals surface area contributed by atoms with Crippen molar-refractivity contribution in [2.75, 3.05) is 24.3 Å². The molecule has 0 saturated carbocycles. The molecule has 0 bridgehead atoms. The lowest BCUT2D eigenvalue weighted by Gasteiger charge is -2.20. The molecule has 5 nitrogen and oxygen atoms in total. The minimum absolute atomic E-state index is 0.713. The SMILES string of the molecule is CNc1ccc(N(C)c2ncc3c(n2)-c2sc(C)nc2CC3)cc1. The molecule has 0 amide bonds. The van der Waals surface area contributed by atoms with Crippen LogP contribution in [0.5, 0.6) is 0 Å². The molecule has 0 aliphatic heterocycles. The highest BCUT2D eigenvalue weighted by molar-refractivity contribution is 7.15. The normalized spacial score (nSPS) is 12.5. The topological polar surface area (TPSA) is 53.9 Å². The molecule has 0 saturated heterocycles. The highest BCUT2D eigenvalue weighted by Crippen LogP contribution is 2.37. The van der Waals surface area contributed by atoms with Crippen LogP contribution in [0, 0.1) is 6.92 Å². The lowest BCUT2D eigenvalue weighted by Crippen LogP contribution is -2.15. The van der Waals surface area contributed by atoms with Gasteiger partial charge >= 0.3 is 0 Å². The first-order valence-corrected chi connectivity index (χ1v) is 8.81. The molecule has 2 heterocycles. The van der Waals surface area contributed by atoms with Crippen molar-refractivity contribution < 1.29 is 0 Å². The standard InChI is InChI=1S/C18H19N5S/c1-11-21-15-9-4-12-10-20-18(22-16(12)17(15)24-11)23(3)14-7-5-13(19-2)6-8-14/h5-8,10,19H,4,9H2,1-3H3. The van der Waals surface area contributed by atoms with Crippen LogP contribution in [0.15, 0.2) is 30.5 Å². The second-order valence-electron chi connectivity index (χ2n) is 5.91. The van der Waals surface area contributed by atoms with Crippen LogP contribution in [0.25, 0.3) is 10.6 Å². The molecule has 2 aromatic heterocycles. The number of hydrogen-bond acceptors (Lipinski definition) is 6. The summed E-state index contributed by atoms with van der Waals surface area (Å²) in [5.74, 6) is 0.713. The number of hydrogen-bond donors (Lipinski definition) is 1. The number of fused-ring (bicyclic) bond motifs is 3. The Kier molecular flexibility index (Phi) is 3.69. The van der Waals surface area contributed by atoms with Gasteiger partial charge in [0.15, 0.2) is 0 Å². The second kappa shape index (κ2) is 5.87. The van der Waals surface area contributed by atoms with E-state index in [0.717, 1.165) is 34.9 Å². The number of benzene rings is 1. The summed E-state index contributed by atoms with van der Waals surface area (Å²) in [6.07, 6.45) is 3.91. The Bertz CT molecular complexity index is 885. The van der Waals surface area contributed by atoms with E-state index in [9.17, 15) is 0 Å². The van der Waals surface area contributed by atoms with Gasteiger partial charge in [0.25, 0.3) is 0 Å². The van der Waals surface area contributed by atoms with Crippen LogP contribution in [0.2, 0.25) is 0 Å². The summed E-state index contributed by atoms with van der Waals surface area (Å²) in [5.41, 5.74) is 5.59. The lowest BCUT2D eigenvalue weighted by atomic mass is 10.00. The number of nitrogens with zero attached hydrogens (tertiary/aromatic N) is 4. The highest BCUT2D eigenvalue weighted by Gasteiger charge is 2.23. The maximum atomic E-state index is 4.86. The van der Waals surface area contributed by atoms with Crippen molar-refractivity contribution in [3.63, 3.8) is 0 Å². The van der Waals surface area contributed by atoms with Crippen LogP contribution in [-0.4, -0.2) is 29.0 Å². The van der Waals surface area contributed by atoms with Gasteiger partial charge in [-0.05, 0) is 49.6 Å². The predicted molar refractivity (Wildman–Crippen MR) is 99.3 cm³/mol. The Labute approximate surface area is 145 Å². The molecular formula is C18H19N5S. The van der Waals surface area contributed by atoms with E-state index in [1.54, 1.807) is 11.3 Å². The fourth-order valence-corrected chi connectivity index (χ4v) is 3.97. The summed E-state index contributed by atoms with van der Waals surface area (Å²) in [5, 5.41) is 4.23. The average molecular weight is 337 g/mol. The summed E-state index contributed by atoms with van der Waals surface area (Å²) in [4.78, 5) is 17.3. The van der Waals surface area contributed by atoms with Crippen molar-refractivity contribution in [1.29, 1.82) is 0 Å². The number of aryl methyl sites for hydroxylation is 3. The largest absolute Gasteiger partial charge is 0.388 e. The van der Waals surface area contributed by atoms with Crippen molar-refractivity contribution in [3.05, 3.63) is 46.7 Å². The minimum Gasteiger partial charge on any atom is -0.388 e. The maximum absolute atomic E-state index is 4.86. The molecule has 0 fully saturated rings.